The van der Waals surface area contributed by atoms with Gasteiger partial charge in [0.15, 0.2) is 0 Å². The highest BCUT2D eigenvalue weighted by Crippen LogP contribution is 2.21. The van der Waals surface area contributed by atoms with E-state index in [-0.39, 0.29) is 16.6 Å². The Morgan fingerprint density at radius 2 is 2.19 bits per heavy atom. The molecule has 0 fully saturated rings. The van der Waals surface area contributed by atoms with Gasteiger partial charge in [0.1, 0.15) is 0 Å². The summed E-state index contributed by atoms with van der Waals surface area (Å²) in [5.41, 5.74) is 1.22. The van der Waals surface area contributed by atoms with Crippen LogP contribution in [0, 0.1) is 0 Å². The molecule has 0 aliphatic heterocycles. The zero-order chi connectivity index (χ0) is 15.4. The fraction of sp³-hybridized carbons (Fsp3) is 0.154. The van der Waals surface area contributed by atoms with Gasteiger partial charge < -0.3 is 15.7 Å². The molecule has 110 valence electrons. The van der Waals surface area contributed by atoms with Gasteiger partial charge in [-0.2, -0.15) is 5.10 Å². The maximum atomic E-state index is 11.8. The number of hydrogen-bond acceptors (Lipinski definition) is 3. The van der Waals surface area contributed by atoms with Crippen LogP contribution in [-0.4, -0.2) is 27.3 Å². The van der Waals surface area contributed by atoms with Crippen LogP contribution in [-0.2, 0) is 0 Å². The van der Waals surface area contributed by atoms with Crippen LogP contribution in [0.3, 0.4) is 0 Å². The van der Waals surface area contributed by atoms with Crippen LogP contribution in [0.5, 0.6) is 0 Å². The zero-order valence-corrected chi connectivity index (χ0v) is 11.8. The molecule has 1 unspecified atom stereocenters. The summed E-state index contributed by atoms with van der Waals surface area (Å²) in [7, 11) is 0. The Kier molecular flexibility index (Phi) is 4.44. The average Bonchev–Trinajstić information content (AvgIpc) is 2.91. The van der Waals surface area contributed by atoms with Crippen molar-refractivity contribution in [2.75, 3.05) is 5.32 Å². The van der Waals surface area contributed by atoms with E-state index in [0.717, 1.165) is 5.56 Å². The number of amides is 2. The number of carboxylic acid groups (broad SMARTS) is 1. The van der Waals surface area contributed by atoms with Gasteiger partial charge in [0.25, 0.3) is 0 Å². The molecule has 21 heavy (non-hydrogen) atoms. The van der Waals surface area contributed by atoms with Crippen molar-refractivity contribution in [1.29, 1.82) is 0 Å². The highest BCUT2D eigenvalue weighted by molar-refractivity contribution is 6.33. The summed E-state index contributed by atoms with van der Waals surface area (Å²) in [6.07, 6.45) is 3.30. The van der Waals surface area contributed by atoms with Gasteiger partial charge in [-0.05, 0) is 25.1 Å². The van der Waals surface area contributed by atoms with E-state index in [4.69, 9.17) is 16.7 Å². The number of anilines is 1. The van der Waals surface area contributed by atoms with Gasteiger partial charge in [0, 0.05) is 17.4 Å². The Balaban J connectivity index is 2.00. The molecule has 0 bridgehead atoms. The predicted octanol–water partition coefficient (Wildman–Crippen LogP) is 2.64. The number of aromatic carboxylic acids is 1. The van der Waals surface area contributed by atoms with Crippen LogP contribution < -0.4 is 10.6 Å². The minimum absolute atomic E-state index is 0.0191. The number of carbonyl (C=O) groups is 2. The molecule has 0 radical (unpaired) electrons. The topological polar surface area (TPSA) is 107 Å². The lowest BCUT2D eigenvalue weighted by Crippen LogP contribution is -2.31. The largest absolute Gasteiger partial charge is 0.478 e. The Morgan fingerprint density at radius 3 is 2.76 bits per heavy atom. The Morgan fingerprint density at radius 1 is 1.43 bits per heavy atom. The van der Waals surface area contributed by atoms with Crippen LogP contribution in [0.25, 0.3) is 0 Å². The Labute approximate surface area is 125 Å². The molecule has 0 aliphatic rings. The molecule has 7 nitrogen and oxygen atoms in total. The van der Waals surface area contributed by atoms with E-state index in [1.807, 2.05) is 6.92 Å². The maximum absolute atomic E-state index is 11.8. The molecule has 0 spiro atoms. The molecular weight excluding hydrogens is 296 g/mol. The lowest BCUT2D eigenvalue weighted by molar-refractivity contribution is 0.0697. The van der Waals surface area contributed by atoms with Crippen molar-refractivity contribution in [3.63, 3.8) is 0 Å². The van der Waals surface area contributed by atoms with Crippen LogP contribution in [0.4, 0.5) is 10.5 Å². The minimum atomic E-state index is -1.12. The first-order valence-electron chi connectivity index (χ1n) is 6.06. The van der Waals surface area contributed by atoms with Crippen molar-refractivity contribution in [2.45, 2.75) is 13.0 Å². The number of rotatable bonds is 4. The number of halogens is 1. The predicted molar refractivity (Wildman–Crippen MR) is 77.6 cm³/mol. The Bertz CT molecular complexity index is 657. The molecular formula is C13H13ClN4O3. The summed E-state index contributed by atoms with van der Waals surface area (Å²) in [5.74, 6) is -1.12. The fourth-order valence-electron chi connectivity index (χ4n) is 1.71. The van der Waals surface area contributed by atoms with Gasteiger partial charge >= 0.3 is 12.0 Å². The third kappa shape index (κ3) is 3.73. The van der Waals surface area contributed by atoms with E-state index in [1.54, 1.807) is 12.4 Å². The zero-order valence-electron chi connectivity index (χ0n) is 11.1. The summed E-state index contributed by atoms with van der Waals surface area (Å²) in [6.45, 7) is 1.81. The van der Waals surface area contributed by atoms with Gasteiger partial charge in [-0.15, -0.1) is 0 Å². The molecule has 4 N–H and O–H groups in total. The molecule has 0 saturated carbocycles. The summed E-state index contributed by atoms with van der Waals surface area (Å²) >= 11 is 5.83. The van der Waals surface area contributed by atoms with Gasteiger partial charge in [0.05, 0.1) is 22.8 Å². The van der Waals surface area contributed by atoms with Crippen molar-refractivity contribution in [1.82, 2.24) is 15.5 Å². The molecule has 0 aliphatic carbocycles. The molecule has 0 saturated heterocycles. The van der Waals surface area contributed by atoms with E-state index >= 15 is 0 Å². The smallest absolute Gasteiger partial charge is 0.337 e. The lowest BCUT2D eigenvalue weighted by atomic mass is 10.2. The van der Waals surface area contributed by atoms with Crippen LogP contribution in [0.2, 0.25) is 5.02 Å². The summed E-state index contributed by atoms with van der Waals surface area (Å²) in [5, 5.41) is 20.7. The number of carboxylic acids is 1. The van der Waals surface area contributed by atoms with Crippen LogP contribution in [0.15, 0.2) is 30.6 Å². The normalized spacial score (nSPS) is 11.7. The molecule has 1 heterocycles. The van der Waals surface area contributed by atoms with Crippen LogP contribution in [0.1, 0.15) is 28.9 Å². The van der Waals surface area contributed by atoms with Crippen LogP contribution >= 0.6 is 11.6 Å². The van der Waals surface area contributed by atoms with Gasteiger partial charge in [-0.1, -0.05) is 11.6 Å². The standard InChI is InChI=1S/C13H13ClN4O3/c1-7(8-5-15-16-6-8)17-13(21)18-9-2-3-10(12(19)20)11(14)4-9/h2-7H,1H3,(H,15,16)(H,19,20)(H2,17,18,21). The van der Waals surface area contributed by atoms with Crippen molar-refractivity contribution < 1.29 is 14.7 Å². The number of carbonyl (C=O) groups excluding carboxylic acids is 1. The minimum Gasteiger partial charge on any atom is -0.478 e. The molecule has 8 heteroatoms. The monoisotopic (exact) mass is 308 g/mol. The molecule has 2 rings (SSSR count). The quantitative estimate of drug-likeness (QED) is 0.696. The number of nitrogens with one attached hydrogen (secondary N) is 3. The molecule has 2 amide bonds. The van der Waals surface area contributed by atoms with Gasteiger partial charge in [-0.3, -0.25) is 5.10 Å². The number of H-pyrrole nitrogens is 1. The second-order valence-electron chi connectivity index (χ2n) is 4.35. The summed E-state index contributed by atoms with van der Waals surface area (Å²) < 4.78 is 0. The molecule has 2 aromatic rings. The van der Waals surface area contributed by atoms with E-state index in [0.29, 0.717) is 5.69 Å². The number of urea groups is 1. The number of nitrogens with zero attached hydrogens (tertiary/aromatic N) is 1. The van der Waals surface area contributed by atoms with Gasteiger partial charge in [-0.25, -0.2) is 9.59 Å². The first-order chi connectivity index (χ1) is 9.97. The highest BCUT2D eigenvalue weighted by atomic mass is 35.5. The molecule has 1 atom stereocenters. The first-order valence-corrected chi connectivity index (χ1v) is 6.44. The first kappa shape index (κ1) is 14.9. The third-order valence-corrected chi connectivity index (χ3v) is 3.14. The fourth-order valence-corrected chi connectivity index (χ4v) is 1.97. The molecule has 1 aromatic heterocycles. The summed E-state index contributed by atoms with van der Waals surface area (Å²) in [4.78, 5) is 22.7. The van der Waals surface area contributed by atoms with Gasteiger partial charge in [0.2, 0.25) is 0 Å². The average molecular weight is 309 g/mol. The number of benzene rings is 1. The van der Waals surface area contributed by atoms with Crippen molar-refractivity contribution in [2.24, 2.45) is 0 Å². The second-order valence-corrected chi connectivity index (χ2v) is 4.76. The van der Waals surface area contributed by atoms with E-state index < -0.39 is 12.0 Å². The second kappa shape index (κ2) is 6.27. The third-order valence-electron chi connectivity index (χ3n) is 2.82. The molecule has 1 aromatic carbocycles. The van der Waals surface area contributed by atoms with Crippen molar-refractivity contribution in [3.8, 4) is 0 Å². The van der Waals surface area contributed by atoms with E-state index in [9.17, 15) is 9.59 Å². The van der Waals surface area contributed by atoms with Crippen molar-refractivity contribution in [3.05, 3.63) is 46.7 Å². The van der Waals surface area contributed by atoms with E-state index in [2.05, 4.69) is 20.8 Å². The maximum Gasteiger partial charge on any atom is 0.337 e. The van der Waals surface area contributed by atoms with E-state index in [1.165, 1.54) is 18.2 Å². The summed E-state index contributed by atoms with van der Waals surface area (Å²) in [6, 6.07) is 3.53. The Hall–Kier alpha value is -2.54. The number of aromatic nitrogens is 2. The highest BCUT2D eigenvalue weighted by Gasteiger charge is 2.12. The number of hydrogen-bond donors (Lipinski definition) is 4. The lowest BCUT2D eigenvalue weighted by Gasteiger charge is -2.13. The van der Waals surface area contributed by atoms with Crippen molar-refractivity contribution >= 4 is 29.3 Å². The SMILES string of the molecule is CC(NC(=O)Nc1ccc(C(=O)O)c(Cl)c1)c1cn[nH]c1. The number of aromatic amines is 1.